The predicted molar refractivity (Wildman–Crippen MR) is 111 cm³/mol. The van der Waals surface area contributed by atoms with Crippen LogP contribution in [0.4, 0.5) is 20.7 Å². The molecule has 0 spiro atoms. The second kappa shape index (κ2) is 10.3. The molecule has 158 valence electrons. The first-order valence-corrected chi connectivity index (χ1v) is 9.03. The SMILES string of the molecule is C=O.CNc1ccc(-c2nnn(C)c2NC(=O)OC(C)c2ccccc2Cl)nc1F. The normalized spacial score (nSPS) is 11.1. The number of pyridine rings is 1. The van der Waals surface area contributed by atoms with Crippen molar-refractivity contribution in [3.05, 3.63) is 52.9 Å². The van der Waals surface area contributed by atoms with Gasteiger partial charge in [-0.25, -0.2) is 14.5 Å². The van der Waals surface area contributed by atoms with E-state index in [0.717, 1.165) is 0 Å². The Morgan fingerprint density at radius 1 is 1.27 bits per heavy atom. The van der Waals surface area contributed by atoms with Crippen LogP contribution in [0.2, 0.25) is 5.02 Å². The van der Waals surface area contributed by atoms with Crippen molar-refractivity contribution >= 4 is 36.0 Å². The van der Waals surface area contributed by atoms with E-state index in [0.29, 0.717) is 10.6 Å². The number of hydrogen-bond acceptors (Lipinski definition) is 7. The van der Waals surface area contributed by atoms with E-state index < -0.39 is 18.1 Å². The third-order valence-electron chi connectivity index (χ3n) is 4.03. The zero-order chi connectivity index (χ0) is 22.3. The van der Waals surface area contributed by atoms with Crippen LogP contribution in [0.1, 0.15) is 18.6 Å². The number of anilines is 2. The maximum absolute atomic E-state index is 14.0. The summed E-state index contributed by atoms with van der Waals surface area (Å²) >= 11 is 6.13. The van der Waals surface area contributed by atoms with E-state index in [2.05, 4.69) is 25.9 Å². The molecule has 3 rings (SSSR count). The number of nitrogens with zero attached hydrogens (tertiary/aromatic N) is 4. The Hall–Kier alpha value is -3.53. The molecule has 2 aromatic heterocycles. The average molecular weight is 435 g/mol. The van der Waals surface area contributed by atoms with Crippen molar-refractivity contribution in [1.29, 1.82) is 0 Å². The third kappa shape index (κ3) is 5.09. The van der Waals surface area contributed by atoms with Gasteiger partial charge in [-0.2, -0.15) is 4.39 Å². The Balaban J connectivity index is 0.00000155. The smallest absolute Gasteiger partial charge is 0.413 e. The minimum Gasteiger partial charge on any atom is -0.441 e. The highest BCUT2D eigenvalue weighted by molar-refractivity contribution is 6.31. The first kappa shape index (κ1) is 22.8. The van der Waals surface area contributed by atoms with Gasteiger partial charge < -0.3 is 14.8 Å². The van der Waals surface area contributed by atoms with Gasteiger partial charge >= 0.3 is 6.09 Å². The fourth-order valence-electron chi connectivity index (χ4n) is 2.58. The fraction of sp³-hybridized carbons (Fsp3) is 0.211. The molecule has 0 fully saturated rings. The lowest BCUT2D eigenvalue weighted by molar-refractivity contribution is -0.0980. The molecule has 1 amide bonds. The van der Waals surface area contributed by atoms with Gasteiger partial charge in [-0.05, 0) is 25.1 Å². The molecular weight excluding hydrogens is 415 g/mol. The van der Waals surface area contributed by atoms with Gasteiger partial charge in [-0.15, -0.1) is 5.10 Å². The molecule has 1 unspecified atom stereocenters. The standard InChI is InChI=1S/C18H18ClFN6O2.CH2O/c1-10(11-6-4-5-7-12(11)19)28-18(27)23-17-15(24-25-26(17)3)13-8-9-14(21-2)16(20)22-13;1-2/h4-10,21H,1-3H3,(H,23,27);1H2. The second-order valence-electron chi connectivity index (χ2n) is 5.89. The van der Waals surface area contributed by atoms with Crippen molar-refractivity contribution in [3.63, 3.8) is 0 Å². The van der Waals surface area contributed by atoms with Crippen molar-refractivity contribution in [1.82, 2.24) is 20.0 Å². The molecule has 1 atom stereocenters. The molecule has 11 heteroatoms. The molecular formula is C19H20ClFN6O3. The molecule has 0 aliphatic heterocycles. The zero-order valence-corrected chi connectivity index (χ0v) is 17.3. The molecule has 0 radical (unpaired) electrons. The monoisotopic (exact) mass is 434 g/mol. The van der Waals surface area contributed by atoms with Crippen molar-refractivity contribution < 1.29 is 18.7 Å². The van der Waals surface area contributed by atoms with Crippen LogP contribution in [0.25, 0.3) is 11.4 Å². The van der Waals surface area contributed by atoms with E-state index in [1.807, 2.05) is 6.79 Å². The molecule has 2 heterocycles. The highest BCUT2D eigenvalue weighted by atomic mass is 35.5. The number of aryl methyl sites for hydroxylation is 1. The number of carbonyl (C=O) groups is 2. The summed E-state index contributed by atoms with van der Waals surface area (Å²) in [6, 6.07) is 10.2. The second-order valence-corrected chi connectivity index (χ2v) is 6.30. The van der Waals surface area contributed by atoms with Crippen LogP contribution in [-0.4, -0.2) is 39.9 Å². The average Bonchev–Trinajstić information content (AvgIpc) is 3.09. The van der Waals surface area contributed by atoms with Crippen LogP contribution >= 0.6 is 11.6 Å². The minimum atomic E-state index is -0.730. The number of rotatable bonds is 5. The summed E-state index contributed by atoms with van der Waals surface area (Å²) in [6.07, 6.45) is -1.31. The van der Waals surface area contributed by atoms with Gasteiger partial charge in [0, 0.05) is 24.7 Å². The lowest BCUT2D eigenvalue weighted by Gasteiger charge is -2.15. The molecule has 1 aromatic carbocycles. The van der Waals surface area contributed by atoms with E-state index in [1.54, 1.807) is 51.4 Å². The van der Waals surface area contributed by atoms with Gasteiger partial charge in [-0.1, -0.05) is 35.0 Å². The molecule has 30 heavy (non-hydrogen) atoms. The van der Waals surface area contributed by atoms with Crippen LogP contribution in [0.5, 0.6) is 0 Å². The Morgan fingerprint density at radius 2 is 1.97 bits per heavy atom. The van der Waals surface area contributed by atoms with Crippen molar-refractivity contribution in [3.8, 4) is 11.4 Å². The third-order valence-corrected chi connectivity index (χ3v) is 4.38. The van der Waals surface area contributed by atoms with Crippen molar-refractivity contribution in [2.45, 2.75) is 13.0 Å². The maximum atomic E-state index is 14.0. The molecule has 0 aliphatic carbocycles. The summed E-state index contributed by atoms with van der Waals surface area (Å²) in [6.45, 7) is 3.70. The molecule has 9 nitrogen and oxygen atoms in total. The first-order chi connectivity index (χ1) is 14.4. The summed E-state index contributed by atoms with van der Waals surface area (Å²) in [7, 11) is 3.17. The van der Waals surface area contributed by atoms with Crippen LogP contribution in [0.15, 0.2) is 36.4 Å². The number of hydrogen-bond donors (Lipinski definition) is 2. The molecule has 0 saturated heterocycles. The maximum Gasteiger partial charge on any atom is 0.413 e. The van der Waals surface area contributed by atoms with Gasteiger partial charge in [-0.3, -0.25) is 5.32 Å². The zero-order valence-electron chi connectivity index (χ0n) is 16.5. The van der Waals surface area contributed by atoms with Gasteiger partial charge in [0.15, 0.2) is 11.5 Å². The van der Waals surface area contributed by atoms with Crippen molar-refractivity contribution in [2.75, 3.05) is 17.7 Å². The fourth-order valence-corrected chi connectivity index (χ4v) is 2.87. The topological polar surface area (TPSA) is 111 Å². The van der Waals surface area contributed by atoms with Gasteiger partial charge in [0.05, 0.1) is 11.4 Å². The Bertz CT molecular complexity index is 1030. The number of aromatic nitrogens is 4. The number of halogens is 2. The lowest BCUT2D eigenvalue weighted by atomic mass is 10.1. The summed E-state index contributed by atoms with van der Waals surface area (Å²) in [5.41, 5.74) is 1.36. The van der Waals surface area contributed by atoms with Gasteiger partial charge in [0.25, 0.3) is 0 Å². The molecule has 3 aromatic rings. The minimum absolute atomic E-state index is 0.214. The van der Waals surface area contributed by atoms with E-state index in [9.17, 15) is 9.18 Å². The predicted octanol–water partition coefficient (Wildman–Crippen LogP) is 3.84. The summed E-state index contributed by atoms with van der Waals surface area (Å²) < 4.78 is 20.7. The van der Waals surface area contributed by atoms with E-state index in [1.165, 1.54) is 10.7 Å². The van der Waals surface area contributed by atoms with Gasteiger partial charge in [0.2, 0.25) is 5.95 Å². The van der Waals surface area contributed by atoms with Crippen LogP contribution in [0, 0.1) is 5.95 Å². The van der Waals surface area contributed by atoms with Gasteiger partial charge in [0.1, 0.15) is 12.9 Å². The van der Waals surface area contributed by atoms with Crippen LogP contribution in [0.3, 0.4) is 0 Å². The number of ether oxygens (including phenoxy) is 1. The molecule has 0 bridgehead atoms. The number of carbonyl (C=O) groups excluding carboxylic acids is 2. The Kier molecular flexibility index (Phi) is 7.82. The number of nitrogens with one attached hydrogen (secondary N) is 2. The Labute approximate surface area is 177 Å². The van der Waals surface area contributed by atoms with E-state index >= 15 is 0 Å². The van der Waals surface area contributed by atoms with Crippen molar-refractivity contribution in [2.24, 2.45) is 7.05 Å². The number of amides is 1. The highest BCUT2D eigenvalue weighted by Crippen LogP contribution is 2.28. The molecule has 0 aliphatic rings. The van der Waals surface area contributed by atoms with Crippen LogP contribution in [-0.2, 0) is 16.6 Å². The quantitative estimate of drug-likeness (QED) is 0.587. The highest BCUT2D eigenvalue weighted by Gasteiger charge is 2.20. The van der Waals surface area contributed by atoms with E-state index in [-0.39, 0.29) is 22.9 Å². The largest absolute Gasteiger partial charge is 0.441 e. The number of benzene rings is 1. The first-order valence-electron chi connectivity index (χ1n) is 8.66. The lowest BCUT2D eigenvalue weighted by Crippen LogP contribution is -2.18. The summed E-state index contributed by atoms with van der Waals surface area (Å²) in [4.78, 5) is 24.2. The summed E-state index contributed by atoms with van der Waals surface area (Å²) in [5, 5.41) is 13.6. The summed E-state index contributed by atoms with van der Waals surface area (Å²) in [5.74, 6) is -0.466. The van der Waals surface area contributed by atoms with E-state index in [4.69, 9.17) is 21.1 Å². The Morgan fingerprint density at radius 3 is 2.60 bits per heavy atom. The molecule has 2 N–H and O–H groups in total. The molecule has 0 saturated carbocycles. The van der Waals surface area contributed by atoms with Crippen LogP contribution < -0.4 is 10.6 Å².